The summed E-state index contributed by atoms with van der Waals surface area (Å²) >= 11 is 7.78. The van der Waals surface area contributed by atoms with Crippen LogP contribution in [0.4, 0.5) is 0 Å². The second kappa shape index (κ2) is 8.73. The van der Waals surface area contributed by atoms with Gasteiger partial charge in [-0.3, -0.25) is 4.79 Å². The summed E-state index contributed by atoms with van der Waals surface area (Å²) in [6.07, 6.45) is 1.31. The van der Waals surface area contributed by atoms with Gasteiger partial charge in [0.25, 0.3) is 5.56 Å². The quantitative estimate of drug-likeness (QED) is 0.401. The molecule has 0 saturated carbocycles. The van der Waals surface area contributed by atoms with E-state index in [0.717, 1.165) is 38.4 Å². The van der Waals surface area contributed by atoms with Crippen LogP contribution in [0.2, 0.25) is 5.02 Å². The van der Waals surface area contributed by atoms with Crippen molar-refractivity contribution in [2.24, 2.45) is 0 Å². The number of benzene rings is 2. The lowest BCUT2D eigenvalue weighted by Gasteiger charge is -2.09. The Balaban J connectivity index is 1.80. The summed E-state index contributed by atoms with van der Waals surface area (Å²) in [5.41, 5.74) is 3.77. The van der Waals surface area contributed by atoms with Crippen LogP contribution in [0.15, 0.2) is 41.2 Å². The number of H-pyrrole nitrogens is 1. The van der Waals surface area contributed by atoms with E-state index in [1.54, 1.807) is 25.6 Å². The molecule has 0 unspecified atom stereocenters. The van der Waals surface area contributed by atoms with Gasteiger partial charge in [-0.25, -0.2) is 4.98 Å². The molecule has 0 radical (unpaired) electrons. The molecule has 0 spiro atoms. The predicted molar refractivity (Wildman–Crippen MR) is 127 cm³/mol. The third-order valence-corrected chi connectivity index (χ3v) is 6.92. The second-order valence-corrected chi connectivity index (χ2v) is 8.77. The van der Waals surface area contributed by atoms with Crippen molar-refractivity contribution in [1.82, 2.24) is 9.97 Å². The van der Waals surface area contributed by atoms with Crippen LogP contribution in [-0.4, -0.2) is 24.2 Å². The SMILES string of the molecule is CCc1sc2nc(Cc3ccc(OC)c(OC)c3)[nH]c(=O)c2c1-c1ccc(Cl)c(C)c1. The van der Waals surface area contributed by atoms with Crippen LogP contribution in [-0.2, 0) is 12.8 Å². The normalized spacial score (nSPS) is 11.1. The minimum atomic E-state index is -0.126. The summed E-state index contributed by atoms with van der Waals surface area (Å²) in [7, 11) is 3.21. The molecule has 2 aromatic carbocycles. The lowest BCUT2D eigenvalue weighted by Crippen LogP contribution is -2.12. The van der Waals surface area contributed by atoms with E-state index in [1.165, 1.54) is 0 Å². The van der Waals surface area contributed by atoms with Crippen molar-refractivity contribution in [2.45, 2.75) is 26.7 Å². The monoisotopic (exact) mass is 454 g/mol. The second-order valence-electron chi connectivity index (χ2n) is 7.28. The molecule has 0 fully saturated rings. The average Bonchev–Trinajstić information content (AvgIpc) is 3.14. The third-order valence-electron chi connectivity index (χ3n) is 5.27. The van der Waals surface area contributed by atoms with Crippen molar-refractivity contribution < 1.29 is 9.47 Å². The minimum absolute atomic E-state index is 0.126. The molecule has 0 amide bonds. The first-order valence-corrected chi connectivity index (χ1v) is 11.2. The maximum absolute atomic E-state index is 13.1. The maximum Gasteiger partial charge on any atom is 0.260 e. The zero-order chi connectivity index (χ0) is 22.1. The largest absolute Gasteiger partial charge is 0.493 e. The van der Waals surface area contributed by atoms with Gasteiger partial charge in [-0.15, -0.1) is 11.3 Å². The molecule has 0 aliphatic carbocycles. The summed E-state index contributed by atoms with van der Waals surface area (Å²) in [4.78, 5) is 22.8. The summed E-state index contributed by atoms with van der Waals surface area (Å²) in [5.74, 6) is 1.93. The summed E-state index contributed by atoms with van der Waals surface area (Å²) in [6.45, 7) is 4.06. The fourth-order valence-electron chi connectivity index (χ4n) is 3.72. The number of thiophene rings is 1. The average molecular weight is 455 g/mol. The molecule has 1 N–H and O–H groups in total. The highest BCUT2D eigenvalue weighted by Crippen LogP contribution is 2.38. The molecule has 0 aliphatic heterocycles. The Morgan fingerprint density at radius 2 is 1.87 bits per heavy atom. The smallest absolute Gasteiger partial charge is 0.260 e. The van der Waals surface area contributed by atoms with Crippen LogP contribution in [0.1, 0.15) is 28.8 Å². The van der Waals surface area contributed by atoms with Crippen molar-refractivity contribution >= 4 is 33.2 Å². The highest BCUT2D eigenvalue weighted by molar-refractivity contribution is 7.19. The van der Waals surface area contributed by atoms with Crippen molar-refractivity contribution in [1.29, 1.82) is 0 Å². The summed E-state index contributed by atoms with van der Waals surface area (Å²) in [5, 5.41) is 1.35. The fourth-order valence-corrected chi connectivity index (χ4v) is 4.99. The molecular formula is C24H23ClN2O3S. The van der Waals surface area contributed by atoms with Gasteiger partial charge < -0.3 is 14.5 Å². The standard InChI is InChI=1S/C24H23ClN2O3S/c1-5-19-21(15-7-8-16(25)13(2)10-15)22-23(28)26-20(27-24(22)31-19)12-14-6-9-17(29-3)18(11-14)30-4/h6-11H,5,12H2,1-4H3,(H,26,27,28). The third kappa shape index (κ3) is 4.05. The Bertz CT molecular complexity index is 1330. The predicted octanol–water partition coefficient (Wildman–Crippen LogP) is 5.78. The molecule has 7 heteroatoms. The van der Waals surface area contributed by atoms with E-state index in [-0.39, 0.29) is 5.56 Å². The number of aromatic amines is 1. The zero-order valence-corrected chi connectivity index (χ0v) is 19.4. The van der Waals surface area contributed by atoms with Crippen LogP contribution >= 0.6 is 22.9 Å². The van der Waals surface area contributed by atoms with Gasteiger partial charge >= 0.3 is 0 Å². The Morgan fingerprint density at radius 3 is 2.55 bits per heavy atom. The highest BCUT2D eigenvalue weighted by atomic mass is 35.5. The molecule has 0 atom stereocenters. The van der Waals surface area contributed by atoms with Crippen molar-refractivity contribution in [3.63, 3.8) is 0 Å². The molecular weight excluding hydrogens is 432 g/mol. The van der Waals surface area contributed by atoms with Gasteiger partial charge in [-0.1, -0.05) is 30.7 Å². The maximum atomic E-state index is 13.1. The number of nitrogens with one attached hydrogen (secondary N) is 1. The van der Waals surface area contributed by atoms with E-state index in [2.05, 4.69) is 11.9 Å². The van der Waals surface area contributed by atoms with Crippen LogP contribution in [0, 0.1) is 6.92 Å². The molecule has 160 valence electrons. The molecule has 4 rings (SSSR count). The van der Waals surface area contributed by atoms with E-state index in [4.69, 9.17) is 26.1 Å². The molecule has 2 heterocycles. The fraction of sp³-hybridized carbons (Fsp3) is 0.250. The van der Waals surface area contributed by atoms with Crippen LogP contribution in [0.3, 0.4) is 0 Å². The van der Waals surface area contributed by atoms with Crippen molar-refractivity contribution in [3.8, 4) is 22.6 Å². The lowest BCUT2D eigenvalue weighted by atomic mass is 10.0. The number of ether oxygens (including phenoxy) is 2. The Labute approximate surface area is 189 Å². The number of hydrogen-bond donors (Lipinski definition) is 1. The minimum Gasteiger partial charge on any atom is -0.493 e. The lowest BCUT2D eigenvalue weighted by molar-refractivity contribution is 0.354. The van der Waals surface area contributed by atoms with Crippen LogP contribution < -0.4 is 15.0 Å². The van der Waals surface area contributed by atoms with Gasteiger partial charge in [0.2, 0.25) is 0 Å². The number of aryl methyl sites for hydroxylation is 2. The Hall–Kier alpha value is -2.83. The van der Waals surface area contributed by atoms with Gasteiger partial charge in [0.1, 0.15) is 10.7 Å². The van der Waals surface area contributed by atoms with E-state index in [9.17, 15) is 4.79 Å². The van der Waals surface area contributed by atoms with Crippen LogP contribution in [0.5, 0.6) is 11.5 Å². The molecule has 0 saturated heterocycles. The van der Waals surface area contributed by atoms with Gasteiger partial charge in [0, 0.05) is 21.9 Å². The Morgan fingerprint density at radius 1 is 1.10 bits per heavy atom. The number of halogens is 1. The van der Waals surface area contributed by atoms with Gasteiger partial charge in [-0.2, -0.15) is 0 Å². The molecule has 2 aromatic heterocycles. The molecule has 4 aromatic rings. The molecule has 0 bridgehead atoms. The number of rotatable bonds is 6. The first-order valence-electron chi connectivity index (χ1n) is 9.97. The highest BCUT2D eigenvalue weighted by Gasteiger charge is 2.19. The van der Waals surface area contributed by atoms with E-state index >= 15 is 0 Å². The van der Waals surface area contributed by atoms with Crippen molar-refractivity contribution in [3.05, 3.63) is 73.6 Å². The van der Waals surface area contributed by atoms with Gasteiger partial charge in [0.15, 0.2) is 11.5 Å². The number of hydrogen-bond acceptors (Lipinski definition) is 5. The number of methoxy groups -OCH3 is 2. The topological polar surface area (TPSA) is 64.2 Å². The summed E-state index contributed by atoms with van der Waals surface area (Å²) in [6, 6.07) is 11.6. The van der Waals surface area contributed by atoms with E-state index in [0.29, 0.717) is 34.2 Å². The van der Waals surface area contributed by atoms with E-state index < -0.39 is 0 Å². The first kappa shape index (κ1) is 21.4. The van der Waals surface area contributed by atoms with E-state index in [1.807, 2.05) is 43.3 Å². The molecule has 0 aliphatic rings. The number of fused-ring (bicyclic) bond motifs is 1. The first-order chi connectivity index (χ1) is 14.9. The number of nitrogens with zero attached hydrogens (tertiary/aromatic N) is 1. The van der Waals surface area contributed by atoms with Gasteiger partial charge in [0.05, 0.1) is 19.6 Å². The molecule has 5 nitrogen and oxygen atoms in total. The van der Waals surface area contributed by atoms with Gasteiger partial charge in [-0.05, 0) is 54.3 Å². The Kier molecular flexibility index (Phi) is 6.03. The molecule has 31 heavy (non-hydrogen) atoms. The zero-order valence-electron chi connectivity index (χ0n) is 17.8. The van der Waals surface area contributed by atoms with Crippen molar-refractivity contribution in [2.75, 3.05) is 14.2 Å². The number of aromatic nitrogens is 2. The summed E-state index contributed by atoms with van der Waals surface area (Å²) < 4.78 is 10.7. The van der Waals surface area contributed by atoms with Crippen LogP contribution in [0.25, 0.3) is 21.3 Å².